The lowest BCUT2D eigenvalue weighted by Gasteiger charge is -2.34. The van der Waals surface area contributed by atoms with Crippen LogP contribution in [0.2, 0.25) is 0 Å². The maximum absolute atomic E-state index is 12.6. The zero-order chi connectivity index (χ0) is 37.8. The number of carboxylic acids is 1. The highest BCUT2D eigenvalue weighted by atomic mass is 16.6. The second kappa shape index (κ2) is 33.9. The summed E-state index contributed by atoms with van der Waals surface area (Å²) in [5, 5.41) is 11.6. The molecule has 0 aliphatic rings. The molecule has 0 fully saturated rings. The third-order valence-corrected chi connectivity index (χ3v) is 8.17. The molecule has 0 bridgehead atoms. The van der Waals surface area contributed by atoms with Gasteiger partial charge in [0.2, 0.25) is 0 Å². The maximum atomic E-state index is 12.6. The first-order valence-corrected chi connectivity index (χ1v) is 19.5. The van der Waals surface area contributed by atoms with Gasteiger partial charge < -0.3 is 28.6 Å². The van der Waals surface area contributed by atoms with Crippen molar-refractivity contribution in [1.82, 2.24) is 0 Å². The summed E-state index contributed by atoms with van der Waals surface area (Å²) in [7, 11) is 5.37. The number of carbonyl (C=O) groups excluding carboxylic acids is 3. The predicted octanol–water partition coefficient (Wildman–Crippen LogP) is 8.68. The molecule has 0 aromatic rings. The van der Waals surface area contributed by atoms with Crippen molar-refractivity contribution >= 4 is 17.9 Å². The Morgan fingerprint density at radius 1 is 0.627 bits per heavy atom. The number of aliphatic carboxylic acids is 1. The van der Waals surface area contributed by atoms with Crippen molar-refractivity contribution in [3.63, 3.8) is 0 Å². The second-order valence-electron chi connectivity index (χ2n) is 13.9. The number of hydrogen-bond donors (Lipinski definition) is 0. The fraction of sp³-hybridized carbons (Fsp3) is 0.651. The molecular weight excluding hydrogens is 642 g/mol. The molecule has 0 heterocycles. The summed E-state index contributed by atoms with van der Waals surface area (Å²) < 4.78 is 17.0. The van der Waals surface area contributed by atoms with Crippen molar-refractivity contribution in [3.05, 3.63) is 72.9 Å². The molecule has 2 unspecified atom stereocenters. The average Bonchev–Trinajstić information content (AvgIpc) is 3.08. The van der Waals surface area contributed by atoms with Crippen molar-refractivity contribution in [2.24, 2.45) is 0 Å². The van der Waals surface area contributed by atoms with E-state index in [1.54, 1.807) is 21.1 Å². The van der Waals surface area contributed by atoms with Crippen LogP contribution < -0.4 is 5.11 Å². The van der Waals surface area contributed by atoms with Gasteiger partial charge in [0.25, 0.3) is 0 Å². The topological polar surface area (TPSA) is 102 Å². The molecule has 2 atom stereocenters. The van der Waals surface area contributed by atoms with Crippen LogP contribution in [0.5, 0.6) is 0 Å². The number of ether oxygens (including phenoxy) is 3. The van der Waals surface area contributed by atoms with E-state index < -0.39 is 18.1 Å². The first kappa shape index (κ1) is 47.8. The number of allylic oxidation sites excluding steroid dienone is 12. The molecule has 0 rings (SSSR count). The molecular formula is C43H71NO7. The van der Waals surface area contributed by atoms with Crippen LogP contribution in [-0.2, 0) is 28.6 Å². The minimum Gasteiger partial charge on any atom is -0.544 e. The fourth-order valence-corrected chi connectivity index (χ4v) is 5.12. The first-order chi connectivity index (χ1) is 24.6. The van der Waals surface area contributed by atoms with Crippen molar-refractivity contribution in [1.29, 1.82) is 0 Å². The SMILES string of the molecule is CC/C=C/C/C=C/CCCCC(=O)OCC(COCCC(C(=O)[O-])[N+](C)(C)C)OC(=O)CCCCCCC/C=C/C=C/C=C/C=C/CCCCC. The highest BCUT2D eigenvalue weighted by Gasteiger charge is 2.25. The number of likely N-dealkylation sites (N-methyl/N-ethyl adjacent to an activating group) is 1. The van der Waals surface area contributed by atoms with Gasteiger partial charge in [-0.05, 0) is 64.2 Å². The van der Waals surface area contributed by atoms with E-state index in [9.17, 15) is 19.5 Å². The van der Waals surface area contributed by atoms with E-state index in [1.807, 2.05) is 12.2 Å². The summed E-state index contributed by atoms with van der Waals surface area (Å²) >= 11 is 0. The molecule has 0 aromatic carbocycles. The van der Waals surface area contributed by atoms with Gasteiger partial charge in [-0.1, -0.05) is 119 Å². The smallest absolute Gasteiger partial charge is 0.306 e. The summed E-state index contributed by atoms with van der Waals surface area (Å²) in [4.78, 5) is 36.6. The molecule has 8 heteroatoms. The maximum Gasteiger partial charge on any atom is 0.306 e. The van der Waals surface area contributed by atoms with Crippen LogP contribution in [0.3, 0.4) is 0 Å². The van der Waals surface area contributed by atoms with Crippen LogP contribution in [0.1, 0.15) is 129 Å². The van der Waals surface area contributed by atoms with Gasteiger partial charge in [-0.25, -0.2) is 0 Å². The molecule has 0 saturated heterocycles. The van der Waals surface area contributed by atoms with E-state index in [4.69, 9.17) is 14.2 Å². The largest absolute Gasteiger partial charge is 0.544 e. The van der Waals surface area contributed by atoms with E-state index in [0.717, 1.165) is 70.6 Å². The number of carboxylic acid groups (broad SMARTS) is 1. The van der Waals surface area contributed by atoms with Gasteiger partial charge in [-0.15, -0.1) is 0 Å². The lowest BCUT2D eigenvalue weighted by Crippen LogP contribution is -2.55. The molecule has 290 valence electrons. The molecule has 0 N–H and O–H groups in total. The van der Waals surface area contributed by atoms with E-state index in [2.05, 4.69) is 74.6 Å². The van der Waals surface area contributed by atoms with Crippen LogP contribution in [0.4, 0.5) is 0 Å². The highest BCUT2D eigenvalue weighted by Crippen LogP contribution is 2.11. The Morgan fingerprint density at radius 2 is 1.18 bits per heavy atom. The minimum atomic E-state index is -1.14. The zero-order valence-electron chi connectivity index (χ0n) is 32.7. The molecule has 0 radical (unpaired) electrons. The Bertz CT molecular complexity index is 1060. The Hall–Kier alpha value is -3.23. The van der Waals surface area contributed by atoms with Gasteiger partial charge in [0.15, 0.2) is 6.10 Å². The highest BCUT2D eigenvalue weighted by molar-refractivity contribution is 5.70. The summed E-state index contributed by atoms with van der Waals surface area (Å²) in [6, 6.07) is -0.737. The Kier molecular flexibility index (Phi) is 31.7. The lowest BCUT2D eigenvalue weighted by atomic mass is 10.1. The number of nitrogens with zero attached hydrogens (tertiary/aromatic N) is 1. The molecule has 0 spiro atoms. The number of rotatable bonds is 33. The van der Waals surface area contributed by atoms with E-state index in [0.29, 0.717) is 12.8 Å². The second-order valence-corrected chi connectivity index (χ2v) is 13.9. The van der Waals surface area contributed by atoms with Crippen LogP contribution >= 0.6 is 0 Å². The van der Waals surface area contributed by atoms with Gasteiger partial charge in [0, 0.05) is 19.3 Å². The van der Waals surface area contributed by atoms with E-state index in [1.165, 1.54) is 19.3 Å². The molecule has 0 aliphatic carbocycles. The molecule has 0 aliphatic heterocycles. The molecule has 0 aromatic heterocycles. The summed E-state index contributed by atoms with van der Waals surface area (Å²) in [5.74, 6) is -1.83. The fourth-order valence-electron chi connectivity index (χ4n) is 5.12. The normalized spacial score (nSPS) is 13.8. The van der Waals surface area contributed by atoms with Gasteiger partial charge >= 0.3 is 11.9 Å². The number of esters is 2. The van der Waals surface area contributed by atoms with Crippen LogP contribution in [0, 0.1) is 0 Å². The lowest BCUT2D eigenvalue weighted by molar-refractivity contribution is -0.889. The zero-order valence-corrected chi connectivity index (χ0v) is 32.7. The van der Waals surface area contributed by atoms with Crippen LogP contribution in [-0.4, -0.2) is 75.5 Å². The average molecular weight is 714 g/mol. The Morgan fingerprint density at radius 3 is 1.82 bits per heavy atom. The van der Waals surface area contributed by atoms with Gasteiger partial charge in [0.1, 0.15) is 12.6 Å². The molecule has 0 amide bonds. The van der Waals surface area contributed by atoms with Crippen LogP contribution in [0.15, 0.2) is 72.9 Å². The van der Waals surface area contributed by atoms with Gasteiger partial charge in [-0.2, -0.15) is 0 Å². The number of hydrogen-bond acceptors (Lipinski definition) is 7. The third-order valence-electron chi connectivity index (χ3n) is 8.17. The van der Waals surface area contributed by atoms with E-state index >= 15 is 0 Å². The Balaban J connectivity index is 4.48. The molecule has 8 nitrogen and oxygen atoms in total. The van der Waals surface area contributed by atoms with Crippen molar-refractivity contribution in [2.45, 2.75) is 142 Å². The third kappa shape index (κ3) is 32.4. The molecule has 0 saturated carbocycles. The van der Waals surface area contributed by atoms with Gasteiger partial charge in [0.05, 0.1) is 40.3 Å². The summed E-state index contributed by atoms with van der Waals surface area (Å²) in [6.07, 6.45) is 40.8. The molecule has 51 heavy (non-hydrogen) atoms. The number of unbranched alkanes of at least 4 members (excludes halogenated alkanes) is 10. The number of carbonyl (C=O) groups is 3. The van der Waals surface area contributed by atoms with Crippen LogP contribution in [0.25, 0.3) is 0 Å². The quantitative estimate of drug-likeness (QED) is 0.0221. The Labute approximate surface area is 311 Å². The first-order valence-electron chi connectivity index (χ1n) is 19.5. The standard InChI is InChI=1S/C43H71NO7/c1-6-8-10-12-14-16-17-18-19-20-21-22-23-24-26-28-30-32-34-42(46)51-39(37-49-36-35-40(43(47)48)44(3,4)5)38-50-41(45)33-31-29-27-25-15-13-11-9-7-2/h9,11,14-22,25,39-40H,6-8,10,12-13,23-24,26-38H2,1-5H3/b11-9+,16-14+,18-17+,20-19+,22-21+,25-15+. The van der Waals surface area contributed by atoms with Crippen molar-refractivity contribution in [3.8, 4) is 0 Å². The van der Waals surface area contributed by atoms with Crippen molar-refractivity contribution < 1.29 is 38.2 Å². The van der Waals surface area contributed by atoms with E-state index in [-0.39, 0.29) is 49.1 Å². The minimum absolute atomic E-state index is 0.0162. The number of quaternary nitrogens is 1. The summed E-state index contributed by atoms with van der Waals surface area (Å²) in [5.41, 5.74) is 0. The van der Waals surface area contributed by atoms with Gasteiger partial charge in [-0.3, -0.25) is 9.59 Å². The monoisotopic (exact) mass is 714 g/mol. The summed E-state index contributed by atoms with van der Waals surface area (Å²) in [6.45, 7) is 4.40. The van der Waals surface area contributed by atoms with Crippen molar-refractivity contribution in [2.75, 3.05) is 41.0 Å². The predicted molar refractivity (Wildman–Crippen MR) is 208 cm³/mol.